The summed E-state index contributed by atoms with van der Waals surface area (Å²) in [6.07, 6.45) is 2.38. The van der Waals surface area contributed by atoms with Gasteiger partial charge in [0.2, 0.25) is 11.8 Å². The lowest BCUT2D eigenvalue weighted by Gasteiger charge is -2.32. The molecule has 2 fully saturated rings. The van der Waals surface area contributed by atoms with Crippen LogP contribution < -0.4 is 5.32 Å². The van der Waals surface area contributed by atoms with E-state index in [2.05, 4.69) is 5.32 Å². The minimum Gasteiger partial charge on any atom is -0.386 e. The van der Waals surface area contributed by atoms with Crippen molar-refractivity contribution >= 4 is 11.8 Å². The summed E-state index contributed by atoms with van der Waals surface area (Å²) in [5.41, 5.74) is 0.173. The van der Waals surface area contributed by atoms with Crippen molar-refractivity contribution in [3.05, 3.63) is 35.6 Å². The highest BCUT2D eigenvalue weighted by molar-refractivity contribution is 5.83. The minimum absolute atomic E-state index is 0.0349. The number of likely N-dealkylation sites (tertiary alicyclic amines) is 1. The van der Waals surface area contributed by atoms with Crippen LogP contribution in [0.4, 0.5) is 4.39 Å². The Hall–Kier alpha value is -1.95. The molecule has 2 N–H and O–H groups in total. The average Bonchev–Trinajstić information content (AvgIpc) is 3.44. The number of hydrogen-bond acceptors (Lipinski definition) is 3. The van der Waals surface area contributed by atoms with E-state index in [0.717, 1.165) is 32.2 Å². The van der Waals surface area contributed by atoms with Crippen molar-refractivity contribution in [2.45, 2.75) is 31.8 Å². The van der Waals surface area contributed by atoms with Crippen molar-refractivity contribution in [1.82, 2.24) is 10.2 Å². The zero-order valence-corrected chi connectivity index (χ0v) is 13.6. The normalized spacial score (nSPS) is 22.1. The number of carbonyl (C=O) groups is 2. The summed E-state index contributed by atoms with van der Waals surface area (Å²) in [6.45, 7) is 1.13. The van der Waals surface area contributed by atoms with Crippen molar-refractivity contribution in [2.75, 3.05) is 19.6 Å². The Balaban J connectivity index is 1.51. The second-order valence-electron chi connectivity index (χ2n) is 6.68. The molecule has 1 aromatic carbocycles. The van der Waals surface area contributed by atoms with E-state index in [4.69, 9.17) is 0 Å². The van der Waals surface area contributed by atoms with Crippen LogP contribution in [0.2, 0.25) is 0 Å². The Morgan fingerprint density at radius 1 is 1.25 bits per heavy atom. The van der Waals surface area contributed by atoms with Crippen LogP contribution >= 0.6 is 0 Å². The molecule has 1 saturated carbocycles. The summed E-state index contributed by atoms with van der Waals surface area (Å²) in [5, 5.41) is 12.7. The number of aliphatic hydroxyl groups excluding tert-OH is 1. The van der Waals surface area contributed by atoms with E-state index in [-0.39, 0.29) is 35.8 Å². The molecule has 1 saturated heterocycles. The zero-order chi connectivity index (χ0) is 17.1. The smallest absolute Gasteiger partial charge is 0.225 e. The maximum Gasteiger partial charge on any atom is 0.225 e. The first kappa shape index (κ1) is 16.9. The Morgan fingerprint density at radius 2 is 2.00 bits per heavy atom. The minimum atomic E-state index is -1.08. The number of aliphatic hydroxyl groups is 1. The van der Waals surface area contributed by atoms with Gasteiger partial charge in [-0.15, -0.1) is 0 Å². The van der Waals surface area contributed by atoms with Crippen molar-refractivity contribution in [3.63, 3.8) is 0 Å². The fraction of sp³-hybridized carbons (Fsp3) is 0.556. The molecule has 1 aromatic rings. The summed E-state index contributed by atoms with van der Waals surface area (Å²) < 4.78 is 13.6. The van der Waals surface area contributed by atoms with Gasteiger partial charge in [0.15, 0.2) is 0 Å². The molecule has 2 aliphatic rings. The highest BCUT2D eigenvalue weighted by Gasteiger charge is 2.36. The van der Waals surface area contributed by atoms with Gasteiger partial charge in [-0.2, -0.15) is 0 Å². The number of halogens is 1. The number of rotatable bonds is 5. The van der Waals surface area contributed by atoms with Gasteiger partial charge in [-0.05, 0) is 31.7 Å². The lowest BCUT2D eigenvalue weighted by atomic mass is 9.96. The first-order chi connectivity index (χ1) is 11.6. The fourth-order valence-electron chi connectivity index (χ4n) is 3.18. The van der Waals surface area contributed by atoms with E-state index in [1.165, 1.54) is 12.1 Å². The van der Waals surface area contributed by atoms with Crippen LogP contribution in [0.5, 0.6) is 0 Å². The Kier molecular flexibility index (Phi) is 5.14. The Morgan fingerprint density at radius 3 is 2.71 bits per heavy atom. The highest BCUT2D eigenvalue weighted by atomic mass is 19.1. The van der Waals surface area contributed by atoms with E-state index < -0.39 is 11.9 Å². The predicted molar refractivity (Wildman–Crippen MR) is 86.4 cm³/mol. The third-order valence-corrected chi connectivity index (χ3v) is 4.76. The lowest BCUT2D eigenvalue weighted by molar-refractivity contribution is -0.136. The van der Waals surface area contributed by atoms with Crippen LogP contribution in [-0.2, 0) is 9.59 Å². The summed E-state index contributed by atoms with van der Waals surface area (Å²) >= 11 is 0. The van der Waals surface area contributed by atoms with Crippen LogP contribution in [0.3, 0.4) is 0 Å². The van der Waals surface area contributed by atoms with E-state index in [1.807, 2.05) is 0 Å². The number of nitrogens with zero attached hydrogens (tertiary/aromatic N) is 1. The van der Waals surface area contributed by atoms with Gasteiger partial charge >= 0.3 is 0 Å². The summed E-state index contributed by atoms with van der Waals surface area (Å²) in [6, 6.07) is 5.98. The third kappa shape index (κ3) is 3.93. The quantitative estimate of drug-likeness (QED) is 0.860. The SMILES string of the molecule is O=C(NCC(O)c1ccccc1F)C1CCCN(C(=O)C2CC2)C1. The van der Waals surface area contributed by atoms with Crippen molar-refractivity contribution in [2.24, 2.45) is 11.8 Å². The molecule has 5 nitrogen and oxygen atoms in total. The molecule has 1 aliphatic carbocycles. The first-order valence-corrected chi connectivity index (χ1v) is 8.55. The zero-order valence-electron chi connectivity index (χ0n) is 13.6. The maximum atomic E-state index is 13.6. The second-order valence-corrected chi connectivity index (χ2v) is 6.68. The molecule has 0 spiro atoms. The van der Waals surface area contributed by atoms with E-state index in [1.54, 1.807) is 17.0 Å². The number of benzene rings is 1. The maximum absolute atomic E-state index is 13.6. The number of piperidine rings is 1. The standard InChI is InChI=1S/C18H23FN2O3/c19-15-6-2-1-5-14(15)16(22)10-20-17(23)13-4-3-9-21(11-13)18(24)12-7-8-12/h1-2,5-6,12-13,16,22H,3-4,7-11H2,(H,20,23). The number of nitrogens with one attached hydrogen (secondary N) is 1. The molecular formula is C18H23FN2O3. The Bertz CT molecular complexity index is 618. The van der Waals surface area contributed by atoms with Gasteiger partial charge in [0, 0.05) is 31.1 Å². The van der Waals surface area contributed by atoms with Crippen molar-refractivity contribution in [3.8, 4) is 0 Å². The third-order valence-electron chi connectivity index (χ3n) is 4.76. The molecule has 2 amide bonds. The summed E-state index contributed by atoms with van der Waals surface area (Å²) in [4.78, 5) is 26.2. The van der Waals surface area contributed by atoms with Gasteiger partial charge in [-0.25, -0.2) is 4.39 Å². The molecule has 24 heavy (non-hydrogen) atoms. The number of amides is 2. The first-order valence-electron chi connectivity index (χ1n) is 8.55. The molecule has 6 heteroatoms. The number of hydrogen-bond donors (Lipinski definition) is 2. The average molecular weight is 334 g/mol. The molecule has 0 radical (unpaired) electrons. The molecule has 0 aromatic heterocycles. The molecule has 3 rings (SSSR count). The van der Waals surface area contributed by atoms with E-state index >= 15 is 0 Å². The van der Waals surface area contributed by atoms with Gasteiger partial charge in [-0.1, -0.05) is 18.2 Å². The van der Waals surface area contributed by atoms with E-state index in [0.29, 0.717) is 6.54 Å². The van der Waals surface area contributed by atoms with Gasteiger partial charge in [0.05, 0.1) is 12.0 Å². The van der Waals surface area contributed by atoms with Crippen molar-refractivity contribution < 1.29 is 19.1 Å². The van der Waals surface area contributed by atoms with E-state index in [9.17, 15) is 19.1 Å². The number of carbonyl (C=O) groups excluding carboxylic acids is 2. The lowest BCUT2D eigenvalue weighted by Crippen LogP contribution is -2.46. The molecular weight excluding hydrogens is 311 g/mol. The topological polar surface area (TPSA) is 69.6 Å². The van der Waals surface area contributed by atoms with Crippen LogP contribution in [0, 0.1) is 17.7 Å². The van der Waals surface area contributed by atoms with Gasteiger partial charge in [0.25, 0.3) is 0 Å². The second kappa shape index (κ2) is 7.30. The molecule has 0 bridgehead atoms. The van der Waals surface area contributed by atoms with Crippen LogP contribution in [0.25, 0.3) is 0 Å². The molecule has 2 unspecified atom stereocenters. The molecule has 1 heterocycles. The summed E-state index contributed by atoms with van der Waals surface area (Å²) in [5.74, 6) is -0.598. The highest BCUT2D eigenvalue weighted by Crippen LogP contribution is 2.32. The van der Waals surface area contributed by atoms with Crippen LogP contribution in [0.15, 0.2) is 24.3 Å². The van der Waals surface area contributed by atoms with Gasteiger partial charge in [-0.3, -0.25) is 9.59 Å². The Labute approximate surface area is 140 Å². The van der Waals surface area contributed by atoms with Gasteiger partial charge in [0.1, 0.15) is 5.82 Å². The summed E-state index contributed by atoms with van der Waals surface area (Å²) in [7, 11) is 0. The molecule has 130 valence electrons. The van der Waals surface area contributed by atoms with Crippen LogP contribution in [0.1, 0.15) is 37.4 Å². The fourth-order valence-corrected chi connectivity index (χ4v) is 3.18. The van der Waals surface area contributed by atoms with Gasteiger partial charge < -0.3 is 15.3 Å². The van der Waals surface area contributed by atoms with Crippen LogP contribution in [-0.4, -0.2) is 41.5 Å². The monoisotopic (exact) mass is 334 g/mol. The molecule has 1 aliphatic heterocycles. The largest absolute Gasteiger partial charge is 0.386 e. The molecule has 2 atom stereocenters. The van der Waals surface area contributed by atoms with Crippen molar-refractivity contribution in [1.29, 1.82) is 0 Å². The predicted octanol–water partition coefficient (Wildman–Crippen LogP) is 1.62.